The molecule has 1 atom stereocenters. The first-order valence-electron chi connectivity index (χ1n) is 13.8. The fraction of sp³-hybridized carbons (Fsp3) is 0.929. The Hall–Kier alpha value is -1.06. The van der Waals surface area contributed by atoms with Gasteiger partial charge in [-0.1, -0.05) is 105 Å². The molecule has 0 fully saturated rings. The number of carbonyl (C=O) groups excluding carboxylic acids is 2. The van der Waals surface area contributed by atoms with Crippen LogP contribution in [-0.4, -0.2) is 25.2 Å². The highest BCUT2D eigenvalue weighted by Crippen LogP contribution is 2.15. The highest BCUT2D eigenvalue weighted by Gasteiger charge is 2.08. The summed E-state index contributed by atoms with van der Waals surface area (Å²) in [6.07, 6.45) is 19.5. The Labute approximate surface area is 199 Å². The average molecular weight is 455 g/mol. The lowest BCUT2D eigenvalue weighted by Crippen LogP contribution is -2.09. The van der Waals surface area contributed by atoms with Crippen molar-refractivity contribution in [2.45, 2.75) is 143 Å². The zero-order chi connectivity index (χ0) is 23.9. The maximum Gasteiger partial charge on any atom is 0.305 e. The van der Waals surface area contributed by atoms with Crippen LogP contribution in [0.5, 0.6) is 0 Å². The van der Waals surface area contributed by atoms with Crippen molar-refractivity contribution in [1.29, 1.82) is 0 Å². The van der Waals surface area contributed by atoms with E-state index in [1.807, 2.05) is 0 Å². The van der Waals surface area contributed by atoms with Gasteiger partial charge in [0.05, 0.1) is 13.2 Å². The van der Waals surface area contributed by atoms with Crippen molar-refractivity contribution in [2.24, 2.45) is 11.8 Å². The van der Waals surface area contributed by atoms with E-state index in [9.17, 15) is 9.59 Å². The maximum absolute atomic E-state index is 11.8. The van der Waals surface area contributed by atoms with Gasteiger partial charge in [0.2, 0.25) is 0 Å². The summed E-state index contributed by atoms with van der Waals surface area (Å²) in [5.74, 6) is 1.18. The fourth-order valence-electron chi connectivity index (χ4n) is 3.85. The van der Waals surface area contributed by atoms with Gasteiger partial charge in [-0.15, -0.1) is 0 Å². The molecule has 0 aliphatic rings. The number of hydrogen-bond donors (Lipinski definition) is 0. The molecule has 0 N–H and O–H groups in total. The van der Waals surface area contributed by atoms with Crippen LogP contribution >= 0.6 is 0 Å². The summed E-state index contributed by atoms with van der Waals surface area (Å²) >= 11 is 0. The number of rotatable bonds is 23. The van der Waals surface area contributed by atoms with E-state index in [-0.39, 0.29) is 11.9 Å². The van der Waals surface area contributed by atoms with E-state index < -0.39 is 0 Å². The molecular formula is C28H54O4. The van der Waals surface area contributed by atoms with Gasteiger partial charge in [0, 0.05) is 12.8 Å². The van der Waals surface area contributed by atoms with Gasteiger partial charge in [0.1, 0.15) is 0 Å². The van der Waals surface area contributed by atoms with Crippen LogP contribution in [0.1, 0.15) is 143 Å². The second-order valence-corrected chi connectivity index (χ2v) is 10.0. The van der Waals surface area contributed by atoms with Crippen LogP contribution in [0.25, 0.3) is 0 Å². The molecule has 0 saturated carbocycles. The number of hydrogen-bond acceptors (Lipinski definition) is 4. The summed E-state index contributed by atoms with van der Waals surface area (Å²) in [5, 5.41) is 0. The lowest BCUT2D eigenvalue weighted by molar-refractivity contribution is -0.144. The SMILES string of the molecule is CCCCCCCCCCCOC(=O)CCCCCC(=O)OCCC(C)CCCC(C)C. The van der Waals surface area contributed by atoms with E-state index in [1.165, 1.54) is 64.2 Å². The molecule has 0 aliphatic carbocycles. The van der Waals surface area contributed by atoms with Crippen LogP contribution in [-0.2, 0) is 19.1 Å². The molecule has 0 saturated heterocycles. The zero-order valence-corrected chi connectivity index (χ0v) is 21.9. The van der Waals surface area contributed by atoms with E-state index in [0.717, 1.165) is 44.4 Å². The minimum atomic E-state index is -0.104. The molecule has 0 rings (SSSR count). The molecule has 190 valence electrons. The Bertz CT molecular complexity index is 433. The normalized spacial score (nSPS) is 12.2. The van der Waals surface area contributed by atoms with Gasteiger partial charge in [-0.05, 0) is 37.5 Å². The lowest BCUT2D eigenvalue weighted by Gasteiger charge is -2.12. The minimum absolute atomic E-state index is 0.0985. The van der Waals surface area contributed by atoms with Crippen LogP contribution in [0.15, 0.2) is 0 Å². The Balaban J connectivity index is 3.39. The van der Waals surface area contributed by atoms with Gasteiger partial charge in [-0.2, -0.15) is 0 Å². The van der Waals surface area contributed by atoms with Crippen LogP contribution in [0.3, 0.4) is 0 Å². The van der Waals surface area contributed by atoms with Crippen molar-refractivity contribution < 1.29 is 19.1 Å². The van der Waals surface area contributed by atoms with Crippen molar-refractivity contribution in [3.05, 3.63) is 0 Å². The molecule has 0 aromatic heterocycles. The van der Waals surface area contributed by atoms with Crippen molar-refractivity contribution in [1.82, 2.24) is 0 Å². The predicted molar refractivity (Wildman–Crippen MR) is 135 cm³/mol. The number of esters is 2. The topological polar surface area (TPSA) is 52.6 Å². The second kappa shape index (κ2) is 23.1. The number of carbonyl (C=O) groups is 2. The summed E-state index contributed by atoms with van der Waals surface area (Å²) in [7, 11) is 0. The highest BCUT2D eigenvalue weighted by atomic mass is 16.5. The van der Waals surface area contributed by atoms with Gasteiger partial charge in [-0.3, -0.25) is 9.59 Å². The van der Waals surface area contributed by atoms with Gasteiger partial charge < -0.3 is 9.47 Å². The first kappa shape index (κ1) is 30.9. The van der Waals surface area contributed by atoms with Crippen LogP contribution < -0.4 is 0 Å². The smallest absolute Gasteiger partial charge is 0.305 e. The van der Waals surface area contributed by atoms with Crippen LogP contribution in [0, 0.1) is 11.8 Å². The van der Waals surface area contributed by atoms with Crippen molar-refractivity contribution >= 4 is 11.9 Å². The third kappa shape index (κ3) is 23.6. The molecule has 0 aromatic carbocycles. The number of ether oxygens (including phenoxy) is 2. The van der Waals surface area contributed by atoms with Gasteiger partial charge in [0.25, 0.3) is 0 Å². The van der Waals surface area contributed by atoms with Gasteiger partial charge in [-0.25, -0.2) is 0 Å². The van der Waals surface area contributed by atoms with E-state index in [1.54, 1.807) is 0 Å². The molecular weight excluding hydrogens is 400 g/mol. The molecule has 0 spiro atoms. The van der Waals surface area contributed by atoms with E-state index in [4.69, 9.17) is 9.47 Å². The fourth-order valence-corrected chi connectivity index (χ4v) is 3.85. The third-order valence-electron chi connectivity index (χ3n) is 6.12. The Kier molecular flexibility index (Phi) is 22.3. The Morgan fingerprint density at radius 2 is 1.06 bits per heavy atom. The quantitative estimate of drug-likeness (QED) is 0.115. The Morgan fingerprint density at radius 1 is 0.562 bits per heavy atom. The third-order valence-corrected chi connectivity index (χ3v) is 6.12. The van der Waals surface area contributed by atoms with E-state index >= 15 is 0 Å². The largest absolute Gasteiger partial charge is 0.466 e. The van der Waals surface area contributed by atoms with Crippen molar-refractivity contribution in [2.75, 3.05) is 13.2 Å². The lowest BCUT2D eigenvalue weighted by atomic mass is 9.98. The molecule has 0 heterocycles. The highest BCUT2D eigenvalue weighted by molar-refractivity contribution is 5.69. The Morgan fingerprint density at radius 3 is 1.62 bits per heavy atom. The molecule has 0 aliphatic heterocycles. The average Bonchev–Trinajstić information content (AvgIpc) is 2.74. The van der Waals surface area contributed by atoms with Gasteiger partial charge in [0.15, 0.2) is 0 Å². The summed E-state index contributed by atoms with van der Waals surface area (Å²) in [4.78, 5) is 23.6. The van der Waals surface area contributed by atoms with Crippen LogP contribution in [0.2, 0.25) is 0 Å². The predicted octanol–water partition coefficient (Wildman–Crippen LogP) is 8.41. The molecule has 1 unspecified atom stereocenters. The molecule has 32 heavy (non-hydrogen) atoms. The molecule has 4 heteroatoms. The van der Waals surface area contributed by atoms with E-state index in [2.05, 4.69) is 27.7 Å². The van der Waals surface area contributed by atoms with E-state index in [0.29, 0.717) is 32.0 Å². The molecule has 0 amide bonds. The second-order valence-electron chi connectivity index (χ2n) is 10.0. The monoisotopic (exact) mass is 454 g/mol. The summed E-state index contributed by atoms with van der Waals surface area (Å²) < 4.78 is 10.7. The maximum atomic E-state index is 11.8. The first-order valence-corrected chi connectivity index (χ1v) is 13.8. The molecule has 0 aromatic rings. The summed E-state index contributed by atoms with van der Waals surface area (Å²) in [5.41, 5.74) is 0. The standard InChI is InChI=1S/C28H54O4/c1-5-6-7-8-9-10-11-12-16-23-31-27(29)20-14-13-15-21-28(30)32-24-22-26(4)19-17-18-25(2)3/h25-26H,5-24H2,1-4H3. The zero-order valence-electron chi connectivity index (χ0n) is 21.9. The molecule has 4 nitrogen and oxygen atoms in total. The van der Waals surface area contributed by atoms with Gasteiger partial charge >= 0.3 is 11.9 Å². The van der Waals surface area contributed by atoms with Crippen molar-refractivity contribution in [3.8, 4) is 0 Å². The summed E-state index contributed by atoms with van der Waals surface area (Å²) in [6, 6.07) is 0. The van der Waals surface area contributed by atoms with Crippen LogP contribution in [0.4, 0.5) is 0 Å². The number of unbranched alkanes of at least 4 members (excludes halogenated alkanes) is 10. The van der Waals surface area contributed by atoms with Crippen molar-refractivity contribution in [3.63, 3.8) is 0 Å². The summed E-state index contributed by atoms with van der Waals surface area (Å²) in [6.45, 7) is 10.1. The molecule has 0 bridgehead atoms. The first-order chi connectivity index (χ1) is 15.5. The molecule has 0 radical (unpaired) electrons. The minimum Gasteiger partial charge on any atom is -0.466 e.